The molecule has 0 aliphatic heterocycles. The molecule has 0 nitrogen and oxygen atoms in total. The van der Waals surface area contributed by atoms with Gasteiger partial charge >= 0.3 is 0 Å². The van der Waals surface area contributed by atoms with Crippen LogP contribution in [-0.4, -0.2) is 32.3 Å². The van der Waals surface area contributed by atoms with Gasteiger partial charge in [0.2, 0.25) is 0 Å². The molecule has 1 aliphatic carbocycles. The van der Waals surface area contributed by atoms with Crippen molar-refractivity contribution in [2.75, 3.05) is 0 Å². The second kappa shape index (κ2) is 22.8. The van der Waals surface area contributed by atoms with Crippen molar-refractivity contribution in [1.29, 1.82) is 0 Å². The third kappa shape index (κ3) is 10.1. The third-order valence-corrected chi connectivity index (χ3v) is 30.2. The summed E-state index contributed by atoms with van der Waals surface area (Å²) in [5.74, 6) is 0. The molecule has 0 heterocycles. The lowest BCUT2D eigenvalue weighted by molar-refractivity contribution is 0.661. The molecular weight excluding hydrogens is 1250 g/mol. The van der Waals surface area contributed by atoms with Crippen LogP contribution in [0.3, 0.4) is 0 Å². The molecule has 4 heteroatoms. The van der Waals surface area contributed by atoms with Crippen LogP contribution in [0.4, 0.5) is 0 Å². The van der Waals surface area contributed by atoms with Crippen molar-refractivity contribution in [3.8, 4) is 77.9 Å². The largest absolute Gasteiger partial charge is 0.0792 e. The molecule has 17 rings (SSSR count). The Kier molecular flexibility index (Phi) is 14.5. The van der Waals surface area contributed by atoms with E-state index in [1.54, 1.807) is 0 Å². The second-order valence-electron chi connectivity index (χ2n) is 33.1. The molecule has 0 saturated carbocycles. The van der Waals surface area contributed by atoms with Gasteiger partial charge in [-0.15, -0.1) is 0 Å². The van der Waals surface area contributed by atoms with E-state index in [1.165, 1.54) is 196 Å². The van der Waals surface area contributed by atoms with E-state index in [0.29, 0.717) is 0 Å². The highest BCUT2D eigenvalue weighted by Gasteiger charge is 2.37. The average molecular weight is 1340 g/mol. The smallest absolute Gasteiger partial charge is 0.0656 e. The fourth-order valence-electron chi connectivity index (χ4n) is 18.3. The summed E-state index contributed by atoms with van der Waals surface area (Å²) in [6.45, 7) is 35.1. The van der Waals surface area contributed by atoms with Gasteiger partial charge < -0.3 is 0 Å². The Labute approximate surface area is 588 Å². The van der Waals surface area contributed by atoms with Gasteiger partial charge in [-0.3, -0.25) is 0 Å². The molecule has 0 bridgehead atoms. The minimum atomic E-state index is -1.85. The van der Waals surface area contributed by atoms with Crippen molar-refractivity contribution in [3.05, 3.63) is 278 Å². The summed E-state index contributed by atoms with van der Waals surface area (Å²) in [7, 11) is -7.39. The first-order valence-electron chi connectivity index (χ1n) is 35.8. The van der Waals surface area contributed by atoms with E-state index in [9.17, 15) is 0 Å². The van der Waals surface area contributed by atoms with Crippen LogP contribution in [-0.2, 0) is 5.41 Å². The van der Waals surface area contributed by atoms with Gasteiger partial charge in [0.1, 0.15) is 0 Å². The average Bonchev–Trinajstić information content (AvgIpc) is 1.25. The van der Waals surface area contributed by atoms with Crippen molar-refractivity contribution in [1.82, 2.24) is 0 Å². The van der Waals surface area contributed by atoms with E-state index in [2.05, 4.69) is 359 Å². The van der Waals surface area contributed by atoms with Crippen LogP contribution in [0.2, 0.25) is 78.6 Å². The first-order valence-corrected chi connectivity index (χ1v) is 49.8. The zero-order valence-electron chi connectivity index (χ0n) is 59.9. The van der Waals surface area contributed by atoms with Crippen molar-refractivity contribution in [3.63, 3.8) is 0 Å². The van der Waals surface area contributed by atoms with Gasteiger partial charge in [-0.25, -0.2) is 0 Å². The highest BCUT2D eigenvalue weighted by atomic mass is 28.3. The van der Waals surface area contributed by atoms with E-state index in [-0.39, 0.29) is 5.41 Å². The van der Waals surface area contributed by atoms with Crippen LogP contribution in [0.25, 0.3) is 164 Å². The Balaban J connectivity index is 0.885. The number of fused-ring (bicyclic) bond motifs is 11. The Morgan fingerprint density at radius 2 is 0.354 bits per heavy atom. The van der Waals surface area contributed by atoms with Gasteiger partial charge in [0.05, 0.1) is 32.3 Å². The molecular formula is C95H86Si4. The summed E-state index contributed by atoms with van der Waals surface area (Å²) >= 11 is 0. The summed E-state index contributed by atoms with van der Waals surface area (Å²) in [5, 5.41) is 27.7. The van der Waals surface area contributed by atoms with Crippen LogP contribution in [0.1, 0.15) is 25.0 Å². The number of benzene rings is 16. The molecule has 0 saturated heterocycles. The Morgan fingerprint density at radius 1 is 0.182 bits per heavy atom. The maximum absolute atomic E-state index is 2.56. The predicted octanol–water partition coefficient (Wildman–Crippen LogP) is 25.4. The van der Waals surface area contributed by atoms with Crippen molar-refractivity contribution < 1.29 is 0 Å². The van der Waals surface area contributed by atoms with Gasteiger partial charge in [0.15, 0.2) is 0 Å². The Morgan fingerprint density at radius 3 is 0.535 bits per heavy atom. The molecule has 482 valence electrons. The molecule has 16 aromatic carbocycles. The van der Waals surface area contributed by atoms with E-state index in [4.69, 9.17) is 0 Å². The predicted molar refractivity (Wildman–Crippen MR) is 449 cm³/mol. The third-order valence-electron chi connectivity index (χ3n) is 22.1. The van der Waals surface area contributed by atoms with E-state index in [0.717, 1.165) is 0 Å². The Bertz CT molecular complexity index is 5200. The van der Waals surface area contributed by atoms with Gasteiger partial charge in [0, 0.05) is 5.41 Å². The van der Waals surface area contributed by atoms with Crippen LogP contribution < -0.4 is 20.7 Å². The standard InChI is InChI=1S/C95H86Si4/c1-95(2)85-57-59(61-51-63(87-69-31-15-23-39-77(69)91(96(3,4)5)78-40-24-16-32-70(78)87)55-64(52-61)88-71-33-17-25-41-79(71)92(97(6,7)8)80-42-26-18-34-72(80)88)47-49-67(85)68-50-48-60(58-86(68)95)62-53-65(89-73-35-19-27-43-81(73)93(98(9,10)11)82-44-28-20-36-74(82)89)56-66(54-62)90-75-37-21-29-45-83(75)94(99(12,13)14)84-46-30-22-38-76(84)90/h15-58H,1-14H3. The van der Waals surface area contributed by atoms with Gasteiger partial charge in [0.25, 0.3) is 0 Å². The topological polar surface area (TPSA) is 0 Å². The van der Waals surface area contributed by atoms with Crippen LogP contribution in [0, 0.1) is 0 Å². The summed E-state index contributed by atoms with van der Waals surface area (Å²) < 4.78 is 0. The molecule has 99 heavy (non-hydrogen) atoms. The summed E-state index contributed by atoms with van der Waals surface area (Å²) in [6.07, 6.45) is 0. The van der Waals surface area contributed by atoms with Crippen molar-refractivity contribution in [2.45, 2.75) is 97.8 Å². The minimum Gasteiger partial charge on any atom is -0.0656 e. The lowest BCUT2D eigenvalue weighted by Crippen LogP contribution is -2.39. The number of hydrogen-bond donors (Lipinski definition) is 0. The zero-order chi connectivity index (χ0) is 68.4. The molecule has 1 aliphatic rings. The summed E-state index contributed by atoms with van der Waals surface area (Å²) in [6, 6.07) is 104. The van der Waals surface area contributed by atoms with E-state index >= 15 is 0 Å². The van der Waals surface area contributed by atoms with Crippen molar-refractivity contribution >= 4 is 139 Å². The number of rotatable bonds is 10. The maximum Gasteiger partial charge on any atom is 0.0792 e. The normalized spacial score (nSPS) is 13.4. The minimum absolute atomic E-state index is 0.326. The molecule has 0 radical (unpaired) electrons. The molecule has 16 aromatic rings. The van der Waals surface area contributed by atoms with Crippen LogP contribution in [0.15, 0.2) is 267 Å². The van der Waals surface area contributed by atoms with Crippen LogP contribution >= 0.6 is 0 Å². The molecule has 0 aromatic heterocycles. The van der Waals surface area contributed by atoms with Gasteiger partial charge in [-0.05, 0) is 244 Å². The van der Waals surface area contributed by atoms with Gasteiger partial charge in [-0.2, -0.15) is 0 Å². The van der Waals surface area contributed by atoms with Gasteiger partial charge in [-0.1, -0.05) is 311 Å². The molecule has 0 N–H and O–H groups in total. The second-order valence-corrected chi connectivity index (χ2v) is 53.1. The molecule has 0 unspecified atom stereocenters. The zero-order valence-corrected chi connectivity index (χ0v) is 63.9. The highest BCUT2D eigenvalue weighted by Crippen LogP contribution is 2.53. The molecule has 0 amide bonds. The fraction of sp³-hybridized carbons (Fsp3) is 0.158. The monoisotopic (exact) mass is 1340 g/mol. The molecule has 0 spiro atoms. The highest BCUT2D eigenvalue weighted by molar-refractivity contribution is 6.94. The van der Waals surface area contributed by atoms with E-state index < -0.39 is 32.3 Å². The first-order chi connectivity index (χ1) is 47.4. The fourth-order valence-corrected chi connectivity index (χ4v) is 26.5. The first kappa shape index (κ1) is 62.9. The lowest BCUT2D eigenvalue weighted by atomic mass is 9.80. The summed E-state index contributed by atoms with van der Waals surface area (Å²) in [5.41, 5.74) is 20.1. The van der Waals surface area contributed by atoms with Crippen molar-refractivity contribution in [2.24, 2.45) is 0 Å². The maximum atomic E-state index is 2.56. The van der Waals surface area contributed by atoms with Crippen LogP contribution in [0.5, 0.6) is 0 Å². The molecule has 0 fully saturated rings. The molecule has 0 atom stereocenters. The SMILES string of the molecule is CC1(C)c2cc(-c3cc(-c4c5ccccc5c([Si](C)(C)C)c5ccccc45)cc(-c4c5ccccc5c([Si](C)(C)C)c5ccccc45)c3)ccc2-c2ccc(-c3cc(-c4c5ccccc5c([Si](C)(C)C)c5ccccc45)cc(-c4c5ccccc5c([Si](C)(C)C)c5ccccc45)c3)cc21. The number of hydrogen-bond acceptors (Lipinski definition) is 0. The quantitative estimate of drug-likeness (QED) is 0.0946. The van der Waals surface area contributed by atoms with E-state index in [1.807, 2.05) is 0 Å². The lowest BCUT2D eigenvalue weighted by Gasteiger charge is -2.26. The summed E-state index contributed by atoms with van der Waals surface area (Å²) in [4.78, 5) is 0. The Hall–Kier alpha value is -9.53.